The van der Waals surface area contributed by atoms with Gasteiger partial charge in [0, 0.05) is 31.1 Å². The highest BCUT2D eigenvalue weighted by molar-refractivity contribution is 7.13. The van der Waals surface area contributed by atoms with Crippen LogP contribution in [0.4, 0.5) is 0 Å². The first-order valence-corrected chi connectivity index (χ1v) is 8.65. The highest BCUT2D eigenvalue weighted by Crippen LogP contribution is 2.23. The highest BCUT2D eigenvalue weighted by atomic mass is 32.1. The predicted molar refractivity (Wildman–Crippen MR) is 91.9 cm³/mol. The number of amides is 2. The van der Waals surface area contributed by atoms with Crippen LogP contribution >= 0.6 is 11.3 Å². The van der Waals surface area contributed by atoms with Gasteiger partial charge in [-0.1, -0.05) is 30.3 Å². The highest BCUT2D eigenvalue weighted by Gasteiger charge is 2.22. The van der Waals surface area contributed by atoms with Gasteiger partial charge in [0.2, 0.25) is 5.91 Å². The van der Waals surface area contributed by atoms with Crippen molar-refractivity contribution in [3.63, 3.8) is 0 Å². The molecule has 0 bridgehead atoms. The largest absolute Gasteiger partial charge is 0.378 e. The van der Waals surface area contributed by atoms with E-state index in [9.17, 15) is 9.59 Å². The molecule has 2 aromatic rings. The monoisotopic (exact) mass is 345 g/mol. The number of hydrogen-bond acceptors (Lipinski definition) is 5. The third kappa shape index (κ3) is 3.80. The first-order chi connectivity index (χ1) is 11.6. The van der Waals surface area contributed by atoms with Crippen LogP contribution in [0, 0.1) is 0 Å². The maximum Gasteiger partial charge on any atom is 0.273 e. The van der Waals surface area contributed by atoms with Crippen molar-refractivity contribution >= 4 is 23.2 Å². The second kappa shape index (κ2) is 7.55. The molecule has 0 radical (unpaired) electrons. The van der Waals surface area contributed by atoms with Crippen LogP contribution in [0.25, 0.3) is 10.6 Å². The molecule has 0 N–H and O–H groups in total. The maximum absolute atomic E-state index is 12.5. The summed E-state index contributed by atoms with van der Waals surface area (Å²) in [5.74, 6) is -0.303. The van der Waals surface area contributed by atoms with Gasteiger partial charge in [-0.25, -0.2) is 4.98 Å². The zero-order chi connectivity index (χ0) is 16.9. The summed E-state index contributed by atoms with van der Waals surface area (Å²) in [7, 11) is 1.63. The Morgan fingerprint density at radius 1 is 1.25 bits per heavy atom. The summed E-state index contributed by atoms with van der Waals surface area (Å²) in [6, 6.07) is 9.72. The van der Waals surface area contributed by atoms with Gasteiger partial charge in [-0.2, -0.15) is 0 Å². The van der Waals surface area contributed by atoms with Gasteiger partial charge in [0.05, 0.1) is 19.8 Å². The summed E-state index contributed by atoms with van der Waals surface area (Å²) >= 11 is 1.42. The summed E-state index contributed by atoms with van der Waals surface area (Å²) in [4.78, 5) is 32.3. The molecule has 1 aromatic heterocycles. The zero-order valence-electron chi connectivity index (χ0n) is 13.5. The molecule has 126 valence electrons. The average molecular weight is 345 g/mol. The number of carbonyl (C=O) groups excluding carboxylic acids is 2. The standard InChI is InChI=1S/C17H19N3O3S/c1-19(11-15(21)20-7-9-23-10-8-20)17(22)14-12-24-16(18-14)13-5-3-2-4-6-13/h2-6,12H,7-11H2,1H3. The molecule has 0 aliphatic carbocycles. The minimum Gasteiger partial charge on any atom is -0.378 e. The number of thiazole rings is 1. The zero-order valence-corrected chi connectivity index (χ0v) is 14.3. The van der Waals surface area contributed by atoms with Crippen LogP contribution in [0.1, 0.15) is 10.5 Å². The fraction of sp³-hybridized carbons (Fsp3) is 0.353. The lowest BCUT2D eigenvalue weighted by molar-refractivity contribution is -0.135. The number of likely N-dealkylation sites (N-methyl/N-ethyl adjacent to an activating group) is 1. The second-order valence-corrected chi connectivity index (χ2v) is 6.42. The van der Waals surface area contributed by atoms with E-state index in [0.29, 0.717) is 32.0 Å². The van der Waals surface area contributed by atoms with Gasteiger partial charge in [0.1, 0.15) is 10.7 Å². The summed E-state index contributed by atoms with van der Waals surface area (Å²) < 4.78 is 5.23. The molecule has 2 heterocycles. The van der Waals surface area contributed by atoms with Gasteiger partial charge in [0.25, 0.3) is 5.91 Å². The Balaban J connectivity index is 1.63. The lowest BCUT2D eigenvalue weighted by atomic mass is 10.2. The van der Waals surface area contributed by atoms with Gasteiger partial charge in [-0.05, 0) is 0 Å². The fourth-order valence-corrected chi connectivity index (χ4v) is 3.27. The number of aromatic nitrogens is 1. The minimum atomic E-state index is -0.241. The van der Waals surface area contributed by atoms with Gasteiger partial charge < -0.3 is 14.5 Å². The second-order valence-electron chi connectivity index (χ2n) is 5.56. The van der Waals surface area contributed by atoms with Crippen LogP contribution in [0.2, 0.25) is 0 Å². The average Bonchev–Trinajstić information content (AvgIpc) is 3.12. The van der Waals surface area contributed by atoms with E-state index in [-0.39, 0.29) is 18.4 Å². The predicted octanol–water partition coefficient (Wildman–Crippen LogP) is 1.74. The molecule has 1 aliphatic heterocycles. The van der Waals surface area contributed by atoms with E-state index in [4.69, 9.17) is 4.74 Å². The molecule has 24 heavy (non-hydrogen) atoms. The van der Waals surface area contributed by atoms with E-state index in [2.05, 4.69) is 4.98 Å². The van der Waals surface area contributed by atoms with Crippen molar-refractivity contribution in [1.29, 1.82) is 0 Å². The van der Waals surface area contributed by atoms with Crippen molar-refractivity contribution < 1.29 is 14.3 Å². The molecule has 6 nitrogen and oxygen atoms in total. The normalized spacial score (nSPS) is 14.5. The number of rotatable bonds is 4. The molecular weight excluding hydrogens is 326 g/mol. The lowest BCUT2D eigenvalue weighted by Gasteiger charge is -2.28. The molecule has 1 fully saturated rings. The fourth-order valence-electron chi connectivity index (χ4n) is 2.47. The molecule has 0 saturated carbocycles. The molecule has 1 aromatic carbocycles. The molecular formula is C17H19N3O3S. The quantitative estimate of drug-likeness (QED) is 0.847. The van der Waals surface area contributed by atoms with Gasteiger partial charge in [0.15, 0.2) is 0 Å². The molecule has 0 spiro atoms. The summed E-state index contributed by atoms with van der Waals surface area (Å²) in [6.45, 7) is 2.31. The summed E-state index contributed by atoms with van der Waals surface area (Å²) in [6.07, 6.45) is 0. The van der Waals surface area contributed by atoms with E-state index in [1.165, 1.54) is 16.2 Å². The van der Waals surface area contributed by atoms with Crippen molar-refractivity contribution in [2.75, 3.05) is 39.9 Å². The first-order valence-electron chi connectivity index (χ1n) is 7.77. The third-order valence-electron chi connectivity index (χ3n) is 3.83. The molecule has 7 heteroatoms. The van der Waals surface area contributed by atoms with E-state index < -0.39 is 0 Å². The van der Waals surface area contributed by atoms with Crippen LogP contribution < -0.4 is 0 Å². The summed E-state index contributed by atoms with van der Waals surface area (Å²) in [5, 5.41) is 2.53. The van der Waals surface area contributed by atoms with Crippen molar-refractivity contribution in [1.82, 2.24) is 14.8 Å². The van der Waals surface area contributed by atoms with Crippen LogP contribution in [-0.2, 0) is 9.53 Å². The molecule has 0 unspecified atom stereocenters. The van der Waals surface area contributed by atoms with Gasteiger partial charge >= 0.3 is 0 Å². The van der Waals surface area contributed by atoms with E-state index in [0.717, 1.165) is 10.6 Å². The number of ether oxygens (including phenoxy) is 1. The van der Waals surface area contributed by atoms with Gasteiger partial charge in [-0.3, -0.25) is 9.59 Å². The third-order valence-corrected chi connectivity index (χ3v) is 4.72. The number of nitrogens with zero attached hydrogens (tertiary/aromatic N) is 3. The van der Waals surface area contributed by atoms with E-state index in [1.54, 1.807) is 17.3 Å². The van der Waals surface area contributed by atoms with Crippen molar-refractivity contribution in [3.8, 4) is 10.6 Å². The Labute approximate surface area is 144 Å². The Hall–Kier alpha value is -2.25. The maximum atomic E-state index is 12.5. The Kier molecular flexibility index (Phi) is 5.22. The molecule has 2 amide bonds. The Morgan fingerprint density at radius 3 is 2.67 bits per heavy atom. The topological polar surface area (TPSA) is 62.7 Å². The van der Waals surface area contributed by atoms with Crippen LogP contribution in [0.3, 0.4) is 0 Å². The van der Waals surface area contributed by atoms with E-state index >= 15 is 0 Å². The van der Waals surface area contributed by atoms with Crippen molar-refractivity contribution in [3.05, 3.63) is 41.4 Å². The van der Waals surface area contributed by atoms with E-state index in [1.807, 2.05) is 30.3 Å². The summed E-state index contributed by atoms with van der Waals surface area (Å²) in [5.41, 5.74) is 1.35. The molecule has 1 saturated heterocycles. The number of benzene rings is 1. The van der Waals surface area contributed by atoms with Crippen LogP contribution in [0.5, 0.6) is 0 Å². The number of carbonyl (C=O) groups is 2. The number of hydrogen-bond donors (Lipinski definition) is 0. The number of morpholine rings is 1. The molecule has 0 atom stereocenters. The smallest absolute Gasteiger partial charge is 0.273 e. The molecule has 1 aliphatic rings. The van der Waals surface area contributed by atoms with Gasteiger partial charge in [-0.15, -0.1) is 11.3 Å². The SMILES string of the molecule is CN(CC(=O)N1CCOCC1)C(=O)c1csc(-c2ccccc2)n1. The molecule has 3 rings (SSSR count). The Bertz CT molecular complexity index is 711. The van der Waals surface area contributed by atoms with Crippen LogP contribution in [0.15, 0.2) is 35.7 Å². The lowest BCUT2D eigenvalue weighted by Crippen LogP contribution is -2.46. The van der Waals surface area contributed by atoms with Crippen molar-refractivity contribution in [2.24, 2.45) is 0 Å². The first kappa shape index (κ1) is 16.6. The van der Waals surface area contributed by atoms with Crippen molar-refractivity contribution in [2.45, 2.75) is 0 Å². The van der Waals surface area contributed by atoms with Crippen LogP contribution in [-0.4, -0.2) is 66.5 Å². The minimum absolute atomic E-state index is 0.0526. The Morgan fingerprint density at radius 2 is 1.96 bits per heavy atom.